The lowest BCUT2D eigenvalue weighted by atomic mass is 10.0. The van der Waals surface area contributed by atoms with E-state index >= 15 is 0 Å². The fourth-order valence-corrected chi connectivity index (χ4v) is 3.04. The van der Waals surface area contributed by atoms with Crippen LogP contribution in [0.25, 0.3) is 0 Å². The quantitative estimate of drug-likeness (QED) is 0.847. The monoisotopic (exact) mass is 320 g/mol. The summed E-state index contributed by atoms with van der Waals surface area (Å²) in [4.78, 5) is 16.5. The highest BCUT2D eigenvalue weighted by molar-refractivity contribution is 5.94. The maximum Gasteiger partial charge on any atom is 0.251 e. The molecular formula is C17H25FN4O. The van der Waals surface area contributed by atoms with Crippen LogP contribution >= 0.6 is 0 Å². The molecule has 0 saturated carbocycles. The molecule has 0 atom stereocenters. The Hall–Kier alpha value is -1.66. The van der Waals surface area contributed by atoms with Gasteiger partial charge in [0.15, 0.2) is 0 Å². The van der Waals surface area contributed by atoms with Crippen LogP contribution in [0.1, 0.15) is 17.3 Å². The molecule has 1 aromatic rings. The number of hydrogen-bond acceptors (Lipinski definition) is 4. The molecule has 2 aliphatic heterocycles. The second-order valence-corrected chi connectivity index (χ2v) is 6.32. The predicted octanol–water partition coefficient (Wildman–Crippen LogP) is 0.917. The van der Waals surface area contributed by atoms with Gasteiger partial charge in [0.25, 0.3) is 5.91 Å². The van der Waals surface area contributed by atoms with Crippen LogP contribution in [0.15, 0.2) is 18.2 Å². The van der Waals surface area contributed by atoms with Crippen molar-refractivity contribution in [2.45, 2.75) is 6.92 Å². The fourth-order valence-electron chi connectivity index (χ4n) is 3.04. The first kappa shape index (κ1) is 16.2. The van der Waals surface area contributed by atoms with E-state index in [1.165, 1.54) is 6.07 Å². The van der Waals surface area contributed by atoms with Gasteiger partial charge in [-0.15, -0.1) is 0 Å². The van der Waals surface area contributed by atoms with Crippen LogP contribution in [0.5, 0.6) is 0 Å². The normalized spacial score (nSPS) is 19.5. The fraction of sp³-hybridized carbons (Fsp3) is 0.588. The highest BCUT2D eigenvalue weighted by atomic mass is 19.1. The Morgan fingerprint density at radius 1 is 1.30 bits per heavy atom. The number of piperazine rings is 1. The molecule has 0 spiro atoms. The van der Waals surface area contributed by atoms with Crippen LogP contribution < -0.4 is 15.5 Å². The molecule has 3 rings (SSSR count). The molecule has 0 unspecified atom stereocenters. The zero-order chi connectivity index (χ0) is 16.2. The first-order valence-electron chi connectivity index (χ1n) is 8.43. The van der Waals surface area contributed by atoms with Gasteiger partial charge >= 0.3 is 0 Å². The Morgan fingerprint density at radius 2 is 2.04 bits per heavy atom. The van der Waals surface area contributed by atoms with E-state index in [9.17, 15) is 9.18 Å². The number of halogens is 1. The van der Waals surface area contributed by atoms with Crippen molar-refractivity contribution in [1.82, 2.24) is 15.5 Å². The van der Waals surface area contributed by atoms with Crippen LogP contribution in [0.4, 0.5) is 10.1 Å². The van der Waals surface area contributed by atoms with Crippen LogP contribution in [-0.4, -0.2) is 63.2 Å². The molecular weight excluding hydrogens is 295 g/mol. The van der Waals surface area contributed by atoms with Crippen molar-refractivity contribution in [1.29, 1.82) is 0 Å². The average Bonchev–Trinajstić information content (AvgIpc) is 2.53. The van der Waals surface area contributed by atoms with Gasteiger partial charge in [-0.1, -0.05) is 6.92 Å². The second-order valence-electron chi connectivity index (χ2n) is 6.32. The van der Waals surface area contributed by atoms with Gasteiger partial charge in [-0.3, -0.25) is 4.79 Å². The van der Waals surface area contributed by atoms with Crippen molar-refractivity contribution in [3.05, 3.63) is 29.6 Å². The van der Waals surface area contributed by atoms with Crippen molar-refractivity contribution in [2.24, 2.45) is 5.92 Å². The van der Waals surface area contributed by atoms with Gasteiger partial charge in [-0.25, -0.2) is 4.39 Å². The number of nitrogens with one attached hydrogen (secondary N) is 2. The lowest BCUT2D eigenvalue weighted by Gasteiger charge is -2.35. The molecule has 2 heterocycles. The number of hydrogen-bond donors (Lipinski definition) is 2. The number of amides is 1. The number of anilines is 1. The zero-order valence-electron chi connectivity index (χ0n) is 13.6. The predicted molar refractivity (Wildman–Crippen MR) is 89.4 cm³/mol. The Bertz CT molecular complexity index is 554. The van der Waals surface area contributed by atoms with Gasteiger partial charge in [-0.05, 0) is 24.7 Å². The van der Waals surface area contributed by atoms with E-state index in [1.54, 1.807) is 12.1 Å². The molecule has 2 fully saturated rings. The van der Waals surface area contributed by atoms with E-state index < -0.39 is 0 Å². The summed E-state index contributed by atoms with van der Waals surface area (Å²) in [6, 6.07) is 4.81. The molecule has 0 aromatic heterocycles. The average molecular weight is 320 g/mol. The SMILES string of the molecule is CCN1CCN(c2ccc(C(=O)NCC3CNC3)cc2F)CC1. The number of likely N-dealkylation sites (N-methyl/N-ethyl adjacent to an activating group) is 1. The molecule has 2 aliphatic rings. The molecule has 0 radical (unpaired) electrons. The van der Waals surface area contributed by atoms with Crippen molar-refractivity contribution in [2.75, 3.05) is 57.3 Å². The standard InChI is InChI=1S/C17H25FN4O/c1-2-21-5-7-22(8-6-21)16-4-3-14(9-15(16)18)17(23)20-12-13-10-19-11-13/h3-4,9,13,19H,2,5-8,10-12H2,1H3,(H,20,23). The van der Waals surface area contributed by atoms with Crippen LogP contribution in [0, 0.1) is 11.7 Å². The summed E-state index contributed by atoms with van der Waals surface area (Å²) in [6.07, 6.45) is 0. The van der Waals surface area contributed by atoms with Gasteiger partial charge in [0.2, 0.25) is 0 Å². The summed E-state index contributed by atoms with van der Waals surface area (Å²) < 4.78 is 14.4. The first-order valence-corrected chi connectivity index (χ1v) is 8.43. The largest absolute Gasteiger partial charge is 0.367 e. The molecule has 6 heteroatoms. The summed E-state index contributed by atoms with van der Waals surface area (Å²) in [7, 11) is 0. The van der Waals surface area contributed by atoms with Crippen LogP contribution in [0.2, 0.25) is 0 Å². The van der Waals surface area contributed by atoms with Crippen LogP contribution in [0.3, 0.4) is 0 Å². The topological polar surface area (TPSA) is 47.6 Å². The molecule has 1 aromatic carbocycles. The van der Waals surface area contributed by atoms with Crippen molar-refractivity contribution in [3.8, 4) is 0 Å². The van der Waals surface area contributed by atoms with Gasteiger partial charge in [0.05, 0.1) is 5.69 Å². The Kier molecular flexibility index (Phi) is 5.13. The molecule has 2 saturated heterocycles. The van der Waals surface area contributed by atoms with E-state index in [0.717, 1.165) is 45.8 Å². The molecule has 126 valence electrons. The number of rotatable bonds is 5. The Morgan fingerprint density at radius 3 is 2.61 bits per heavy atom. The maximum absolute atomic E-state index is 14.4. The second kappa shape index (κ2) is 7.27. The minimum atomic E-state index is -0.312. The highest BCUT2D eigenvalue weighted by Gasteiger charge is 2.21. The third-order valence-corrected chi connectivity index (χ3v) is 4.79. The summed E-state index contributed by atoms with van der Waals surface area (Å²) in [5, 5.41) is 6.04. The Balaban J connectivity index is 1.60. The number of nitrogens with zero attached hydrogens (tertiary/aromatic N) is 2. The minimum Gasteiger partial charge on any atom is -0.367 e. The molecule has 23 heavy (non-hydrogen) atoms. The summed E-state index contributed by atoms with van der Waals surface area (Å²) in [6.45, 7) is 9.26. The third-order valence-electron chi connectivity index (χ3n) is 4.79. The molecule has 0 aliphatic carbocycles. The van der Waals surface area contributed by atoms with E-state index in [1.807, 2.05) is 0 Å². The highest BCUT2D eigenvalue weighted by Crippen LogP contribution is 2.22. The van der Waals surface area contributed by atoms with Gasteiger partial charge < -0.3 is 20.4 Å². The lowest BCUT2D eigenvalue weighted by molar-refractivity contribution is 0.0942. The molecule has 2 N–H and O–H groups in total. The van der Waals surface area contributed by atoms with Crippen molar-refractivity contribution < 1.29 is 9.18 Å². The van der Waals surface area contributed by atoms with E-state index in [2.05, 4.69) is 27.4 Å². The molecule has 1 amide bonds. The number of carbonyl (C=O) groups excluding carboxylic acids is 1. The Labute approximate surface area is 136 Å². The van der Waals surface area contributed by atoms with Crippen molar-refractivity contribution in [3.63, 3.8) is 0 Å². The minimum absolute atomic E-state index is 0.196. The first-order chi connectivity index (χ1) is 11.2. The van der Waals surface area contributed by atoms with Crippen LogP contribution in [-0.2, 0) is 0 Å². The summed E-state index contributed by atoms with van der Waals surface area (Å²) in [5.41, 5.74) is 0.992. The van der Waals surface area contributed by atoms with Gasteiger partial charge in [0.1, 0.15) is 5.82 Å². The van der Waals surface area contributed by atoms with E-state index in [-0.39, 0.29) is 11.7 Å². The van der Waals surface area contributed by atoms with Gasteiger partial charge in [-0.2, -0.15) is 0 Å². The molecule has 0 bridgehead atoms. The van der Waals surface area contributed by atoms with Gasteiger partial charge in [0, 0.05) is 57.3 Å². The van der Waals surface area contributed by atoms with E-state index in [0.29, 0.717) is 23.7 Å². The smallest absolute Gasteiger partial charge is 0.251 e. The zero-order valence-corrected chi connectivity index (χ0v) is 13.6. The summed E-state index contributed by atoms with van der Waals surface area (Å²) in [5.74, 6) is -0.0102. The van der Waals surface area contributed by atoms with E-state index in [4.69, 9.17) is 0 Å². The third kappa shape index (κ3) is 3.82. The maximum atomic E-state index is 14.4. The number of benzene rings is 1. The lowest BCUT2D eigenvalue weighted by Crippen LogP contribution is -2.48. The molecule has 5 nitrogen and oxygen atoms in total. The number of carbonyl (C=O) groups is 1. The van der Waals surface area contributed by atoms with Crippen molar-refractivity contribution >= 4 is 11.6 Å². The summed E-state index contributed by atoms with van der Waals surface area (Å²) >= 11 is 0.